The fourth-order valence-electron chi connectivity index (χ4n) is 9.41. The summed E-state index contributed by atoms with van der Waals surface area (Å²) in [5.41, 5.74) is 11.8. The molecule has 0 spiro atoms. The zero-order valence-electron chi connectivity index (χ0n) is 37.0. The molecular formula is C61H32N8S. The predicted octanol–water partition coefficient (Wildman–Crippen LogP) is 14.8. The molecule has 0 aliphatic rings. The van der Waals surface area contributed by atoms with E-state index in [-0.39, 0.29) is 0 Å². The number of nitrogens with zero attached hydrogens (tertiary/aromatic N) is 8. The van der Waals surface area contributed by atoms with Crippen LogP contribution in [0, 0.1) is 45.3 Å². The molecule has 8 nitrogen and oxygen atoms in total. The number of nitriles is 4. The van der Waals surface area contributed by atoms with E-state index in [4.69, 9.17) is 15.0 Å². The maximum absolute atomic E-state index is 9.92. The van der Waals surface area contributed by atoms with Crippen molar-refractivity contribution in [3.8, 4) is 97.5 Å². The molecule has 0 saturated heterocycles. The van der Waals surface area contributed by atoms with Gasteiger partial charge in [0.05, 0.1) is 63.3 Å². The van der Waals surface area contributed by atoms with E-state index in [0.717, 1.165) is 77.6 Å². The molecule has 3 aromatic heterocycles. The quantitative estimate of drug-likeness (QED) is 0.155. The smallest absolute Gasteiger partial charge is 0.166 e. The third-order valence-corrected chi connectivity index (χ3v) is 13.8. The molecule has 12 rings (SSSR count). The van der Waals surface area contributed by atoms with Crippen molar-refractivity contribution in [2.45, 2.75) is 0 Å². The van der Waals surface area contributed by atoms with Crippen LogP contribution in [0.4, 0.5) is 0 Å². The molecule has 322 valence electrons. The molecule has 0 radical (unpaired) electrons. The molecule has 0 aliphatic heterocycles. The minimum Gasteiger partial charge on any atom is -0.308 e. The van der Waals surface area contributed by atoms with E-state index in [0.29, 0.717) is 39.7 Å². The molecule has 0 saturated carbocycles. The Morgan fingerprint density at radius 2 is 0.771 bits per heavy atom. The second-order valence-corrected chi connectivity index (χ2v) is 18.0. The van der Waals surface area contributed by atoms with E-state index in [1.54, 1.807) is 47.7 Å². The SMILES string of the molecule is N#Cc1cc(C#N)cc(-c2ccc3c(c2)c2cc(-c4cc(C#N)cc(C#N)c4)ccc2n3-c2ccc(-c3ccc4c(c3)sc3ccccc34)cc2-c2nc(-c3ccccc3)nc(-c3ccccc3)n2)c1. The molecule has 12 aromatic rings. The highest BCUT2D eigenvalue weighted by atomic mass is 32.1. The Kier molecular flexibility index (Phi) is 10.1. The maximum atomic E-state index is 9.92. The zero-order chi connectivity index (χ0) is 47.3. The minimum absolute atomic E-state index is 0.392. The van der Waals surface area contributed by atoms with E-state index >= 15 is 0 Å². The van der Waals surface area contributed by atoms with Gasteiger partial charge in [-0.05, 0) is 118 Å². The molecule has 0 unspecified atom stereocenters. The molecule has 0 aliphatic carbocycles. The Labute approximate surface area is 405 Å². The summed E-state index contributed by atoms with van der Waals surface area (Å²) >= 11 is 1.78. The van der Waals surface area contributed by atoms with Gasteiger partial charge in [-0.3, -0.25) is 0 Å². The lowest BCUT2D eigenvalue weighted by molar-refractivity contribution is 1.06. The van der Waals surface area contributed by atoms with Crippen LogP contribution in [0.3, 0.4) is 0 Å². The first-order valence-electron chi connectivity index (χ1n) is 22.4. The lowest BCUT2D eigenvalue weighted by Crippen LogP contribution is -2.04. The topological polar surface area (TPSA) is 139 Å². The van der Waals surface area contributed by atoms with Gasteiger partial charge in [0, 0.05) is 47.6 Å². The zero-order valence-corrected chi connectivity index (χ0v) is 37.8. The molecule has 0 atom stereocenters. The van der Waals surface area contributed by atoms with E-state index in [1.807, 2.05) is 72.8 Å². The van der Waals surface area contributed by atoms with Crippen LogP contribution in [0.25, 0.3) is 115 Å². The predicted molar refractivity (Wildman–Crippen MR) is 279 cm³/mol. The van der Waals surface area contributed by atoms with Gasteiger partial charge < -0.3 is 4.57 Å². The number of rotatable bonds is 7. The van der Waals surface area contributed by atoms with E-state index < -0.39 is 0 Å². The average Bonchev–Trinajstić information content (AvgIpc) is 3.97. The minimum atomic E-state index is 0.392. The summed E-state index contributed by atoms with van der Waals surface area (Å²) in [5, 5.41) is 43.9. The Morgan fingerprint density at radius 3 is 1.31 bits per heavy atom. The van der Waals surface area contributed by atoms with Gasteiger partial charge in [-0.15, -0.1) is 11.3 Å². The number of benzene rings is 9. The van der Waals surface area contributed by atoms with Crippen molar-refractivity contribution in [1.29, 1.82) is 21.0 Å². The summed E-state index contributed by atoms with van der Waals surface area (Å²) in [5.74, 6) is 1.57. The Bertz CT molecular complexity index is 4040. The number of fused-ring (bicyclic) bond motifs is 6. The fourth-order valence-corrected chi connectivity index (χ4v) is 10.6. The van der Waals surface area contributed by atoms with Gasteiger partial charge in [-0.25, -0.2) is 15.0 Å². The highest BCUT2D eigenvalue weighted by Crippen LogP contribution is 2.42. The van der Waals surface area contributed by atoms with Crippen LogP contribution in [0.2, 0.25) is 0 Å². The monoisotopic (exact) mass is 908 g/mol. The summed E-state index contributed by atoms with van der Waals surface area (Å²) in [6.07, 6.45) is 0. The fraction of sp³-hybridized carbons (Fsp3) is 0. The Hall–Kier alpha value is -10.0. The summed E-state index contributed by atoms with van der Waals surface area (Å²) in [4.78, 5) is 15.6. The molecule has 3 heterocycles. The van der Waals surface area contributed by atoms with Gasteiger partial charge >= 0.3 is 0 Å². The van der Waals surface area contributed by atoms with Gasteiger partial charge in [0.25, 0.3) is 0 Å². The molecular weight excluding hydrogens is 877 g/mol. The maximum Gasteiger partial charge on any atom is 0.166 e. The standard InChI is InChI=1S/C61H32N8S/c62-33-37-23-38(34-63)26-47(25-37)44-17-20-54-51(29-44)52-30-45(48-27-39(35-64)24-40(28-48)36-65)18-21-55(52)69(54)56-22-16-43(46-15-19-50-49-13-7-8-14-57(49)70-58(50)32-46)31-53(56)61-67-59(41-9-3-1-4-10-41)66-60(68-61)42-11-5-2-6-12-42/h1-32H. The second kappa shape index (κ2) is 17.0. The number of hydrogen-bond donors (Lipinski definition) is 0. The van der Waals surface area contributed by atoms with Crippen LogP contribution < -0.4 is 0 Å². The molecule has 0 bridgehead atoms. The van der Waals surface area contributed by atoms with Crippen LogP contribution >= 0.6 is 11.3 Å². The summed E-state index contributed by atoms with van der Waals surface area (Å²) in [7, 11) is 0. The Morgan fingerprint density at radius 1 is 0.329 bits per heavy atom. The van der Waals surface area contributed by atoms with Crippen molar-refractivity contribution in [3.63, 3.8) is 0 Å². The lowest BCUT2D eigenvalue weighted by Gasteiger charge is -2.17. The number of aromatic nitrogens is 4. The molecule has 9 aromatic carbocycles. The number of hydrogen-bond acceptors (Lipinski definition) is 8. The van der Waals surface area contributed by atoms with Gasteiger partial charge in [-0.1, -0.05) is 109 Å². The van der Waals surface area contributed by atoms with Crippen LogP contribution in [0.1, 0.15) is 22.3 Å². The van der Waals surface area contributed by atoms with Crippen molar-refractivity contribution < 1.29 is 0 Å². The first kappa shape index (κ1) is 41.4. The van der Waals surface area contributed by atoms with E-state index in [9.17, 15) is 21.0 Å². The lowest BCUT2D eigenvalue weighted by atomic mass is 9.97. The molecule has 70 heavy (non-hydrogen) atoms. The van der Waals surface area contributed by atoms with Crippen LogP contribution in [-0.2, 0) is 0 Å². The van der Waals surface area contributed by atoms with E-state index in [1.165, 1.54) is 20.2 Å². The van der Waals surface area contributed by atoms with Gasteiger partial charge in [0.2, 0.25) is 0 Å². The third kappa shape index (κ3) is 7.26. The number of thiophene rings is 1. The van der Waals surface area contributed by atoms with Crippen molar-refractivity contribution in [2.24, 2.45) is 0 Å². The molecule has 0 fully saturated rings. The molecule has 9 heteroatoms. The van der Waals surface area contributed by atoms with Crippen molar-refractivity contribution in [2.75, 3.05) is 0 Å². The largest absolute Gasteiger partial charge is 0.308 e. The third-order valence-electron chi connectivity index (χ3n) is 12.7. The molecule has 0 N–H and O–H groups in total. The van der Waals surface area contributed by atoms with Crippen molar-refractivity contribution in [3.05, 3.63) is 216 Å². The second-order valence-electron chi connectivity index (χ2n) is 16.9. The highest BCUT2D eigenvalue weighted by molar-refractivity contribution is 7.25. The highest BCUT2D eigenvalue weighted by Gasteiger charge is 2.22. The van der Waals surface area contributed by atoms with Crippen molar-refractivity contribution >= 4 is 53.3 Å². The Balaban J connectivity index is 1.15. The van der Waals surface area contributed by atoms with Crippen LogP contribution in [0.15, 0.2) is 194 Å². The van der Waals surface area contributed by atoms with Gasteiger partial charge in [-0.2, -0.15) is 21.0 Å². The summed E-state index contributed by atoms with van der Waals surface area (Å²) in [6, 6.07) is 73.1. The average molecular weight is 909 g/mol. The summed E-state index contributed by atoms with van der Waals surface area (Å²) in [6.45, 7) is 0. The van der Waals surface area contributed by atoms with Gasteiger partial charge in [0.1, 0.15) is 0 Å². The normalized spacial score (nSPS) is 11.1. The van der Waals surface area contributed by atoms with Crippen molar-refractivity contribution in [1.82, 2.24) is 19.5 Å². The molecule has 0 amide bonds. The van der Waals surface area contributed by atoms with E-state index in [2.05, 4.69) is 114 Å². The first-order valence-corrected chi connectivity index (χ1v) is 23.2. The first-order chi connectivity index (χ1) is 34.4. The van der Waals surface area contributed by atoms with Crippen LogP contribution in [-0.4, -0.2) is 19.5 Å². The van der Waals surface area contributed by atoms with Crippen LogP contribution in [0.5, 0.6) is 0 Å². The van der Waals surface area contributed by atoms with Gasteiger partial charge in [0.15, 0.2) is 17.5 Å². The summed E-state index contributed by atoms with van der Waals surface area (Å²) < 4.78 is 4.67.